The summed E-state index contributed by atoms with van der Waals surface area (Å²) in [4.78, 5) is 0. The van der Waals surface area contributed by atoms with Gasteiger partial charge in [-0.1, -0.05) is 97.3 Å². The van der Waals surface area contributed by atoms with E-state index in [0.717, 1.165) is 19.5 Å². The van der Waals surface area contributed by atoms with Gasteiger partial charge in [-0.2, -0.15) is 0 Å². The second-order valence-electron chi connectivity index (χ2n) is 6.89. The summed E-state index contributed by atoms with van der Waals surface area (Å²) in [5.41, 5.74) is 0. The zero-order valence-electron chi connectivity index (χ0n) is 15.5. The smallest absolute Gasteiger partial charge is 0.0664 e. The minimum absolute atomic E-state index is 0.139. The minimum Gasteiger partial charge on any atom is -0.392 e. The Morgan fingerprint density at radius 3 is 1.64 bits per heavy atom. The van der Waals surface area contributed by atoms with Gasteiger partial charge in [0.15, 0.2) is 0 Å². The predicted molar refractivity (Wildman–Crippen MR) is 99.5 cm³/mol. The van der Waals surface area contributed by atoms with Gasteiger partial charge >= 0.3 is 0 Å². The summed E-state index contributed by atoms with van der Waals surface area (Å²) in [6.45, 7) is 6.38. The predicted octanol–water partition coefficient (Wildman–Crippen LogP) is 5.83. The Morgan fingerprint density at radius 1 is 0.636 bits per heavy atom. The standard InChI is InChI=1S/C20H43NO/c1-3-5-7-9-11-12-14-16-18-21-19-20(22)17-15-13-10-8-6-4-2/h20-22H,3-19H2,1-2H3. The van der Waals surface area contributed by atoms with Gasteiger partial charge in [0.1, 0.15) is 0 Å². The van der Waals surface area contributed by atoms with Crippen molar-refractivity contribution in [2.24, 2.45) is 0 Å². The van der Waals surface area contributed by atoms with E-state index in [9.17, 15) is 5.11 Å². The van der Waals surface area contributed by atoms with E-state index in [0.29, 0.717) is 0 Å². The molecule has 0 aromatic carbocycles. The highest BCUT2D eigenvalue weighted by atomic mass is 16.3. The van der Waals surface area contributed by atoms with Crippen LogP contribution in [0.2, 0.25) is 0 Å². The number of hydrogen-bond donors (Lipinski definition) is 2. The Morgan fingerprint density at radius 2 is 1.09 bits per heavy atom. The third-order valence-electron chi connectivity index (χ3n) is 4.48. The second kappa shape index (κ2) is 19.0. The first kappa shape index (κ1) is 21.9. The topological polar surface area (TPSA) is 32.3 Å². The van der Waals surface area contributed by atoms with Crippen LogP contribution in [-0.4, -0.2) is 24.3 Å². The molecule has 22 heavy (non-hydrogen) atoms. The summed E-state index contributed by atoms with van der Waals surface area (Å²) in [5.74, 6) is 0. The normalized spacial score (nSPS) is 12.7. The molecule has 1 unspecified atom stereocenters. The Kier molecular flexibility index (Phi) is 18.9. The molecule has 2 N–H and O–H groups in total. The molecule has 0 fully saturated rings. The van der Waals surface area contributed by atoms with Crippen LogP contribution in [0.1, 0.15) is 110 Å². The van der Waals surface area contributed by atoms with Crippen molar-refractivity contribution in [1.82, 2.24) is 5.32 Å². The van der Waals surface area contributed by atoms with Gasteiger partial charge < -0.3 is 10.4 Å². The van der Waals surface area contributed by atoms with Gasteiger partial charge in [-0.3, -0.25) is 0 Å². The van der Waals surface area contributed by atoms with Crippen LogP contribution in [-0.2, 0) is 0 Å². The molecule has 0 bridgehead atoms. The van der Waals surface area contributed by atoms with Crippen LogP contribution in [0.4, 0.5) is 0 Å². The van der Waals surface area contributed by atoms with Gasteiger partial charge in [0.25, 0.3) is 0 Å². The van der Waals surface area contributed by atoms with Gasteiger partial charge in [-0.15, -0.1) is 0 Å². The summed E-state index contributed by atoms with van der Waals surface area (Å²) in [6, 6.07) is 0. The van der Waals surface area contributed by atoms with E-state index in [1.54, 1.807) is 0 Å². The van der Waals surface area contributed by atoms with Crippen LogP contribution in [0.5, 0.6) is 0 Å². The molecule has 134 valence electrons. The Bertz CT molecular complexity index is 196. The van der Waals surface area contributed by atoms with E-state index in [1.807, 2.05) is 0 Å². The summed E-state index contributed by atoms with van der Waals surface area (Å²) >= 11 is 0. The molecule has 0 saturated heterocycles. The lowest BCUT2D eigenvalue weighted by atomic mass is 10.1. The zero-order valence-corrected chi connectivity index (χ0v) is 15.5. The average Bonchev–Trinajstić information content (AvgIpc) is 2.52. The molecular weight excluding hydrogens is 270 g/mol. The second-order valence-corrected chi connectivity index (χ2v) is 6.89. The maximum absolute atomic E-state index is 9.91. The lowest BCUT2D eigenvalue weighted by Crippen LogP contribution is -2.27. The van der Waals surface area contributed by atoms with Crippen molar-refractivity contribution in [1.29, 1.82) is 0 Å². The molecule has 0 amide bonds. The molecule has 0 rings (SSSR count). The monoisotopic (exact) mass is 313 g/mol. The van der Waals surface area contributed by atoms with Gasteiger partial charge in [0.2, 0.25) is 0 Å². The van der Waals surface area contributed by atoms with E-state index in [2.05, 4.69) is 19.2 Å². The fourth-order valence-corrected chi connectivity index (χ4v) is 2.91. The minimum atomic E-state index is -0.139. The van der Waals surface area contributed by atoms with Gasteiger partial charge in [0.05, 0.1) is 6.10 Å². The lowest BCUT2D eigenvalue weighted by molar-refractivity contribution is 0.158. The van der Waals surface area contributed by atoms with E-state index in [1.165, 1.54) is 89.9 Å². The highest BCUT2D eigenvalue weighted by molar-refractivity contribution is 4.60. The summed E-state index contributed by atoms with van der Waals surface area (Å²) in [5, 5.41) is 13.3. The highest BCUT2D eigenvalue weighted by Gasteiger charge is 2.02. The van der Waals surface area contributed by atoms with Crippen LogP contribution >= 0.6 is 0 Å². The van der Waals surface area contributed by atoms with Crippen molar-refractivity contribution in [3.05, 3.63) is 0 Å². The summed E-state index contributed by atoms with van der Waals surface area (Å²) in [7, 11) is 0. The highest BCUT2D eigenvalue weighted by Crippen LogP contribution is 2.09. The van der Waals surface area contributed by atoms with Crippen LogP contribution < -0.4 is 5.32 Å². The molecular formula is C20H43NO. The molecule has 0 saturated carbocycles. The SMILES string of the molecule is CCCCCCCCCCNCC(O)CCCCCCCC. The molecule has 2 nitrogen and oxygen atoms in total. The van der Waals surface area contributed by atoms with Gasteiger partial charge in [-0.05, 0) is 19.4 Å². The van der Waals surface area contributed by atoms with E-state index in [-0.39, 0.29) is 6.10 Å². The number of hydrogen-bond acceptors (Lipinski definition) is 2. The molecule has 1 atom stereocenters. The van der Waals surface area contributed by atoms with Gasteiger partial charge in [-0.25, -0.2) is 0 Å². The largest absolute Gasteiger partial charge is 0.392 e. The molecule has 0 aliphatic heterocycles. The van der Waals surface area contributed by atoms with Crippen molar-refractivity contribution in [2.45, 2.75) is 116 Å². The molecule has 0 aliphatic carbocycles. The Balaban J connectivity index is 3.10. The summed E-state index contributed by atoms with van der Waals surface area (Å²) in [6.07, 6.45) is 19.6. The van der Waals surface area contributed by atoms with Crippen molar-refractivity contribution >= 4 is 0 Å². The van der Waals surface area contributed by atoms with Crippen LogP contribution in [0.25, 0.3) is 0 Å². The fraction of sp³-hybridized carbons (Fsp3) is 1.00. The molecule has 0 spiro atoms. The number of nitrogens with one attached hydrogen (secondary N) is 1. The van der Waals surface area contributed by atoms with E-state index < -0.39 is 0 Å². The van der Waals surface area contributed by atoms with Gasteiger partial charge in [0, 0.05) is 6.54 Å². The van der Waals surface area contributed by atoms with Crippen molar-refractivity contribution in [2.75, 3.05) is 13.1 Å². The molecule has 0 radical (unpaired) electrons. The fourth-order valence-electron chi connectivity index (χ4n) is 2.91. The number of rotatable bonds is 18. The first-order valence-electron chi connectivity index (χ1n) is 10.2. The lowest BCUT2D eigenvalue weighted by Gasteiger charge is -2.11. The summed E-state index contributed by atoms with van der Waals surface area (Å²) < 4.78 is 0. The molecule has 0 heterocycles. The zero-order chi connectivity index (χ0) is 16.3. The molecule has 0 aliphatic rings. The van der Waals surface area contributed by atoms with Crippen molar-refractivity contribution in [3.8, 4) is 0 Å². The van der Waals surface area contributed by atoms with Crippen LogP contribution in [0.15, 0.2) is 0 Å². The first-order valence-corrected chi connectivity index (χ1v) is 10.2. The molecule has 2 heteroatoms. The molecule has 0 aromatic heterocycles. The third kappa shape index (κ3) is 18.0. The maximum atomic E-state index is 9.91. The van der Waals surface area contributed by atoms with E-state index >= 15 is 0 Å². The Labute approximate surface area is 140 Å². The maximum Gasteiger partial charge on any atom is 0.0664 e. The number of aliphatic hydroxyl groups excluding tert-OH is 1. The van der Waals surface area contributed by atoms with Crippen LogP contribution in [0.3, 0.4) is 0 Å². The van der Waals surface area contributed by atoms with E-state index in [4.69, 9.17) is 0 Å². The number of aliphatic hydroxyl groups is 1. The average molecular weight is 314 g/mol. The van der Waals surface area contributed by atoms with Crippen LogP contribution in [0, 0.1) is 0 Å². The van der Waals surface area contributed by atoms with Crippen molar-refractivity contribution in [3.63, 3.8) is 0 Å². The quantitative estimate of drug-likeness (QED) is 0.312. The first-order chi connectivity index (χ1) is 10.8. The van der Waals surface area contributed by atoms with Crippen molar-refractivity contribution < 1.29 is 5.11 Å². The number of unbranched alkanes of at least 4 members (excludes halogenated alkanes) is 12. The Hall–Kier alpha value is -0.0800. The molecule has 0 aromatic rings. The third-order valence-corrected chi connectivity index (χ3v) is 4.48.